The maximum atomic E-state index is 10.7. The molecule has 1 aromatic carbocycles. The molecule has 0 radical (unpaired) electrons. The molecule has 1 atom stereocenters. The number of thiophene rings is 1. The molecule has 1 aromatic heterocycles. The van der Waals surface area contributed by atoms with Crippen molar-refractivity contribution < 1.29 is 9.90 Å². The van der Waals surface area contributed by atoms with Crippen LogP contribution in [-0.4, -0.2) is 11.1 Å². The van der Waals surface area contributed by atoms with E-state index in [-0.39, 0.29) is 6.42 Å². The molecule has 19 heavy (non-hydrogen) atoms. The first-order valence-electron chi connectivity index (χ1n) is 6.11. The molecule has 0 unspecified atom stereocenters. The molecule has 0 bridgehead atoms. The van der Waals surface area contributed by atoms with Gasteiger partial charge >= 0.3 is 5.97 Å². The van der Waals surface area contributed by atoms with Gasteiger partial charge in [-0.2, -0.15) is 0 Å². The third-order valence-electron chi connectivity index (χ3n) is 3.15. The van der Waals surface area contributed by atoms with Gasteiger partial charge in [-0.1, -0.05) is 18.2 Å². The summed E-state index contributed by atoms with van der Waals surface area (Å²) in [6.07, 6.45) is -0.0350. The SMILES string of the molecule is Cc1cccc(C)c1-c1csc([C@@H](N)CC(=O)O)c1. The lowest BCUT2D eigenvalue weighted by molar-refractivity contribution is -0.137. The van der Waals surface area contributed by atoms with Gasteiger partial charge in [0, 0.05) is 10.9 Å². The van der Waals surface area contributed by atoms with Crippen molar-refractivity contribution in [3.8, 4) is 11.1 Å². The molecular formula is C15H17NO2S. The van der Waals surface area contributed by atoms with E-state index < -0.39 is 12.0 Å². The molecule has 100 valence electrons. The Labute approximate surface area is 116 Å². The number of benzene rings is 1. The van der Waals surface area contributed by atoms with Gasteiger partial charge in [-0.15, -0.1) is 11.3 Å². The predicted molar refractivity (Wildman–Crippen MR) is 78.4 cm³/mol. The summed E-state index contributed by atoms with van der Waals surface area (Å²) in [7, 11) is 0. The van der Waals surface area contributed by atoms with E-state index in [1.165, 1.54) is 28.0 Å². The summed E-state index contributed by atoms with van der Waals surface area (Å²) < 4.78 is 0. The molecule has 0 saturated carbocycles. The number of aryl methyl sites for hydroxylation is 2. The molecule has 2 rings (SSSR count). The summed E-state index contributed by atoms with van der Waals surface area (Å²) in [6.45, 7) is 4.16. The summed E-state index contributed by atoms with van der Waals surface area (Å²) in [5, 5.41) is 10.8. The van der Waals surface area contributed by atoms with E-state index in [0.717, 1.165) is 10.4 Å². The zero-order valence-electron chi connectivity index (χ0n) is 11.0. The quantitative estimate of drug-likeness (QED) is 0.897. The van der Waals surface area contributed by atoms with E-state index in [9.17, 15) is 4.79 Å². The van der Waals surface area contributed by atoms with Gasteiger partial charge in [-0.25, -0.2) is 0 Å². The number of aliphatic carboxylic acids is 1. The zero-order chi connectivity index (χ0) is 14.0. The highest BCUT2D eigenvalue weighted by atomic mass is 32.1. The van der Waals surface area contributed by atoms with Crippen LogP contribution in [0, 0.1) is 13.8 Å². The van der Waals surface area contributed by atoms with E-state index in [0.29, 0.717) is 0 Å². The Hall–Kier alpha value is -1.65. The van der Waals surface area contributed by atoms with Crippen LogP contribution < -0.4 is 5.73 Å². The number of carboxylic acid groups (broad SMARTS) is 1. The maximum Gasteiger partial charge on any atom is 0.305 e. The van der Waals surface area contributed by atoms with Gasteiger partial charge in [-0.3, -0.25) is 4.79 Å². The van der Waals surface area contributed by atoms with E-state index in [4.69, 9.17) is 10.8 Å². The largest absolute Gasteiger partial charge is 0.481 e. The van der Waals surface area contributed by atoms with E-state index in [2.05, 4.69) is 26.0 Å². The summed E-state index contributed by atoms with van der Waals surface area (Å²) in [4.78, 5) is 11.6. The van der Waals surface area contributed by atoms with Crippen LogP contribution in [0.4, 0.5) is 0 Å². The van der Waals surface area contributed by atoms with Crippen LogP contribution in [0.1, 0.15) is 28.5 Å². The van der Waals surface area contributed by atoms with Gasteiger partial charge in [0.25, 0.3) is 0 Å². The fourth-order valence-corrected chi connectivity index (χ4v) is 3.14. The Morgan fingerprint density at radius 1 is 1.37 bits per heavy atom. The first-order valence-corrected chi connectivity index (χ1v) is 6.99. The Bertz CT molecular complexity index is 584. The number of hydrogen-bond donors (Lipinski definition) is 2. The van der Waals surface area contributed by atoms with Crippen molar-refractivity contribution in [2.75, 3.05) is 0 Å². The van der Waals surface area contributed by atoms with Crippen molar-refractivity contribution in [1.29, 1.82) is 0 Å². The van der Waals surface area contributed by atoms with Crippen LogP contribution in [-0.2, 0) is 4.79 Å². The van der Waals surface area contributed by atoms with Crippen LogP contribution in [0.2, 0.25) is 0 Å². The molecule has 0 spiro atoms. The third-order valence-corrected chi connectivity index (χ3v) is 4.21. The second-order valence-electron chi connectivity index (χ2n) is 4.71. The molecule has 2 aromatic rings. The molecular weight excluding hydrogens is 258 g/mol. The van der Waals surface area contributed by atoms with Gasteiger partial charge in [0.05, 0.1) is 6.42 Å². The monoisotopic (exact) mass is 275 g/mol. The van der Waals surface area contributed by atoms with Crippen molar-refractivity contribution in [2.24, 2.45) is 5.73 Å². The minimum absolute atomic E-state index is 0.0350. The summed E-state index contributed by atoms with van der Waals surface area (Å²) >= 11 is 1.52. The lowest BCUT2D eigenvalue weighted by atomic mass is 9.97. The molecule has 0 amide bonds. The van der Waals surface area contributed by atoms with Crippen molar-refractivity contribution in [2.45, 2.75) is 26.3 Å². The average Bonchev–Trinajstić information content (AvgIpc) is 2.77. The summed E-state index contributed by atoms with van der Waals surface area (Å²) in [5.41, 5.74) is 10.7. The van der Waals surface area contributed by atoms with E-state index in [1.807, 2.05) is 17.5 Å². The Balaban J connectivity index is 2.33. The second kappa shape index (κ2) is 5.55. The molecule has 3 nitrogen and oxygen atoms in total. The van der Waals surface area contributed by atoms with Crippen molar-refractivity contribution >= 4 is 17.3 Å². The number of carbonyl (C=O) groups is 1. The zero-order valence-corrected chi connectivity index (χ0v) is 11.8. The third kappa shape index (κ3) is 3.03. The van der Waals surface area contributed by atoms with Gasteiger partial charge in [0.2, 0.25) is 0 Å². The number of rotatable bonds is 4. The van der Waals surface area contributed by atoms with E-state index >= 15 is 0 Å². The van der Waals surface area contributed by atoms with Gasteiger partial charge in [0.1, 0.15) is 0 Å². The van der Waals surface area contributed by atoms with Gasteiger partial charge < -0.3 is 10.8 Å². The number of carboxylic acids is 1. The minimum Gasteiger partial charge on any atom is -0.481 e. The Morgan fingerprint density at radius 2 is 2.00 bits per heavy atom. The normalized spacial score (nSPS) is 12.4. The first kappa shape index (κ1) is 13.8. The Kier molecular flexibility index (Phi) is 4.02. The van der Waals surface area contributed by atoms with Crippen molar-refractivity contribution in [3.05, 3.63) is 45.6 Å². The van der Waals surface area contributed by atoms with Gasteiger partial charge in [0.15, 0.2) is 0 Å². The molecule has 0 fully saturated rings. The van der Waals surface area contributed by atoms with Crippen LogP contribution in [0.25, 0.3) is 11.1 Å². The highest BCUT2D eigenvalue weighted by molar-refractivity contribution is 7.10. The second-order valence-corrected chi connectivity index (χ2v) is 5.65. The van der Waals surface area contributed by atoms with Crippen LogP contribution in [0.15, 0.2) is 29.6 Å². The first-order chi connectivity index (χ1) is 8.99. The lowest BCUT2D eigenvalue weighted by Gasteiger charge is -2.08. The Morgan fingerprint density at radius 3 is 2.58 bits per heavy atom. The van der Waals surface area contributed by atoms with Gasteiger partial charge in [-0.05, 0) is 47.5 Å². The highest BCUT2D eigenvalue weighted by Crippen LogP contribution is 2.33. The van der Waals surface area contributed by atoms with E-state index in [1.54, 1.807) is 0 Å². The number of nitrogens with two attached hydrogens (primary N) is 1. The fraction of sp³-hybridized carbons (Fsp3) is 0.267. The van der Waals surface area contributed by atoms with Crippen LogP contribution in [0.3, 0.4) is 0 Å². The molecule has 0 aliphatic carbocycles. The number of hydrogen-bond acceptors (Lipinski definition) is 3. The molecule has 4 heteroatoms. The highest BCUT2D eigenvalue weighted by Gasteiger charge is 2.14. The summed E-state index contributed by atoms with van der Waals surface area (Å²) in [5.74, 6) is -0.866. The molecule has 1 heterocycles. The summed E-state index contributed by atoms with van der Waals surface area (Å²) in [6, 6.07) is 7.78. The van der Waals surface area contributed by atoms with Crippen molar-refractivity contribution in [1.82, 2.24) is 0 Å². The topological polar surface area (TPSA) is 63.3 Å². The van der Waals surface area contributed by atoms with Crippen molar-refractivity contribution in [3.63, 3.8) is 0 Å². The average molecular weight is 275 g/mol. The molecule has 0 aliphatic rings. The predicted octanol–water partition coefficient (Wildman–Crippen LogP) is 3.51. The van der Waals surface area contributed by atoms with Crippen LogP contribution >= 0.6 is 11.3 Å². The minimum atomic E-state index is -0.866. The fourth-order valence-electron chi connectivity index (χ4n) is 2.24. The molecule has 0 aliphatic heterocycles. The smallest absolute Gasteiger partial charge is 0.305 e. The molecule has 3 N–H and O–H groups in total. The maximum absolute atomic E-state index is 10.7. The molecule has 0 saturated heterocycles. The lowest BCUT2D eigenvalue weighted by Crippen LogP contribution is -2.13. The standard InChI is InChI=1S/C15H17NO2S/c1-9-4-3-5-10(2)15(9)11-6-13(19-8-11)12(16)7-14(17)18/h3-6,8,12H,7,16H2,1-2H3,(H,17,18)/t12-/m0/s1. The van der Waals surface area contributed by atoms with Crippen LogP contribution in [0.5, 0.6) is 0 Å².